The topological polar surface area (TPSA) is 71.0 Å². The van der Waals surface area contributed by atoms with E-state index in [1.807, 2.05) is 0 Å². The van der Waals surface area contributed by atoms with Gasteiger partial charge >= 0.3 is 0 Å². The molecule has 0 aliphatic carbocycles. The summed E-state index contributed by atoms with van der Waals surface area (Å²) in [5.41, 5.74) is 0.741. The Morgan fingerprint density at radius 1 is 1.33 bits per heavy atom. The molecule has 0 aromatic heterocycles. The van der Waals surface area contributed by atoms with Gasteiger partial charge in [-0.15, -0.1) is 0 Å². The van der Waals surface area contributed by atoms with Gasteiger partial charge in [0.2, 0.25) is 6.08 Å². The summed E-state index contributed by atoms with van der Waals surface area (Å²) in [4.78, 5) is 28.3. The van der Waals surface area contributed by atoms with Crippen molar-refractivity contribution in [3.05, 3.63) is 29.8 Å². The molecule has 2 rings (SSSR count). The molecule has 112 valence electrons. The van der Waals surface area contributed by atoms with Crippen LogP contribution in [0.15, 0.2) is 29.3 Å². The fourth-order valence-corrected chi connectivity index (χ4v) is 2.24. The van der Waals surface area contributed by atoms with Crippen LogP contribution in [0.5, 0.6) is 0 Å². The summed E-state index contributed by atoms with van der Waals surface area (Å²) < 4.78 is 5.28. The van der Waals surface area contributed by atoms with Crippen LogP contribution in [0.4, 0.5) is 5.69 Å². The van der Waals surface area contributed by atoms with E-state index in [4.69, 9.17) is 4.74 Å². The fourth-order valence-electron chi connectivity index (χ4n) is 2.24. The summed E-state index contributed by atoms with van der Waals surface area (Å²) in [6.45, 7) is 5.00. The van der Waals surface area contributed by atoms with Crippen LogP contribution in [-0.4, -0.2) is 56.3 Å². The lowest BCUT2D eigenvalue weighted by Crippen LogP contribution is -2.38. The quantitative estimate of drug-likeness (QED) is 0.484. The van der Waals surface area contributed by atoms with Gasteiger partial charge < -0.3 is 10.1 Å². The molecule has 1 saturated heterocycles. The summed E-state index contributed by atoms with van der Waals surface area (Å²) in [5.74, 6) is -0.216. The predicted molar refractivity (Wildman–Crippen MR) is 78.4 cm³/mol. The molecule has 6 nitrogen and oxygen atoms in total. The van der Waals surface area contributed by atoms with Crippen molar-refractivity contribution in [2.45, 2.75) is 6.42 Å². The predicted octanol–water partition coefficient (Wildman–Crippen LogP) is 1.11. The van der Waals surface area contributed by atoms with Crippen LogP contribution in [0, 0.1) is 0 Å². The van der Waals surface area contributed by atoms with Crippen molar-refractivity contribution >= 4 is 17.7 Å². The van der Waals surface area contributed by atoms with Crippen molar-refractivity contribution in [1.29, 1.82) is 0 Å². The van der Waals surface area contributed by atoms with Crippen molar-refractivity contribution < 1.29 is 14.3 Å². The third-order valence-electron chi connectivity index (χ3n) is 3.36. The van der Waals surface area contributed by atoms with Crippen LogP contribution in [-0.2, 0) is 9.53 Å². The van der Waals surface area contributed by atoms with E-state index in [0.717, 1.165) is 39.3 Å². The van der Waals surface area contributed by atoms with E-state index in [0.29, 0.717) is 17.8 Å². The number of amides is 1. The van der Waals surface area contributed by atoms with E-state index in [1.165, 1.54) is 6.08 Å². The maximum absolute atomic E-state index is 12.1. The van der Waals surface area contributed by atoms with E-state index >= 15 is 0 Å². The number of benzene rings is 1. The number of para-hydroxylation sites is 1. The minimum atomic E-state index is -0.216. The third-order valence-corrected chi connectivity index (χ3v) is 3.36. The lowest BCUT2D eigenvalue weighted by Gasteiger charge is -2.26. The second-order valence-electron chi connectivity index (χ2n) is 4.78. The van der Waals surface area contributed by atoms with Gasteiger partial charge in [0, 0.05) is 19.6 Å². The Morgan fingerprint density at radius 2 is 2.10 bits per heavy atom. The first-order chi connectivity index (χ1) is 10.3. The fraction of sp³-hybridized carbons (Fsp3) is 0.467. The summed E-state index contributed by atoms with van der Waals surface area (Å²) in [5, 5.41) is 2.85. The van der Waals surface area contributed by atoms with Crippen molar-refractivity contribution in [3.8, 4) is 0 Å². The zero-order valence-corrected chi connectivity index (χ0v) is 11.9. The minimum absolute atomic E-state index is 0.216. The number of carbonyl (C=O) groups excluding carboxylic acids is 2. The monoisotopic (exact) mass is 289 g/mol. The summed E-state index contributed by atoms with van der Waals surface area (Å²) >= 11 is 0. The number of nitrogens with one attached hydrogen (secondary N) is 1. The number of aliphatic imine (C=N–C) groups is 1. The first kappa shape index (κ1) is 15.4. The Hall–Kier alpha value is -2.01. The van der Waals surface area contributed by atoms with Gasteiger partial charge in [0.15, 0.2) is 0 Å². The average Bonchev–Trinajstić information content (AvgIpc) is 2.53. The van der Waals surface area contributed by atoms with Crippen molar-refractivity contribution in [3.63, 3.8) is 0 Å². The molecular formula is C15H19N3O3. The molecule has 1 N–H and O–H groups in total. The van der Waals surface area contributed by atoms with E-state index in [2.05, 4.69) is 15.2 Å². The summed E-state index contributed by atoms with van der Waals surface area (Å²) in [7, 11) is 0. The number of carbonyl (C=O) groups is 1. The molecule has 0 bridgehead atoms. The highest BCUT2D eigenvalue weighted by atomic mass is 16.5. The van der Waals surface area contributed by atoms with E-state index in [1.54, 1.807) is 24.3 Å². The molecule has 1 aliphatic rings. The Kier molecular flexibility index (Phi) is 6.09. The highest BCUT2D eigenvalue weighted by molar-refractivity contribution is 5.99. The van der Waals surface area contributed by atoms with Crippen molar-refractivity contribution in [2.75, 3.05) is 39.4 Å². The molecule has 1 aliphatic heterocycles. The largest absolute Gasteiger partial charge is 0.379 e. The van der Waals surface area contributed by atoms with Gasteiger partial charge in [0.25, 0.3) is 5.91 Å². The maximum atomic E-state index is 12.1. The molecule has 0 radical (unpaired) electrons. The average molecular weight is 289 g/mol. The Bertz CT molecular complexity index is 521. The molecule has 0 atom stereocenters. The van der Waals surface area contributed by atoms with Gasteiger partial charge in [-0.25, -0.2) is 4.79 Å². The normalized spacial score (nSPS) is 15.2. The van der Waals surface area contributed by atoms with Crippen LogP contribution >= 0.6 is 0 Å². The van der Waals surface area contributed by atoms with Crippen LogP contribution in [0.25, 0.3) is 0 Å². The SMILES string of the molecule is O=C=Nc1ccccc1C(=O)NCCCN1CCOCC1. The van der Waals surface area contributed by atoms with E-state index in [9.17, 15) is 9.59 Å². The number of hydrogen-bond acceptors (Lipinski definition) is 5. The molecule has 1 fully saturated rings. The lowest BCUT2D eigenvalue weighted by molar-refractivity contribution is 0.0374. The zero-order valence-electron chi connectivity index (χ0n) is 11.9. The number of nitrogens with zero attached hydrogens (tertiary/aromatic N) is 2. The van der Waals surface area contributed by atoms with Crippen LogP contribution in [0.2, 0.25) is 0 Å². The van der Waals surface area contributed by atoms with Crippen molar-refractivity contribution in [1.82, 2.24) is 10.2 Å². The molecule has 1 amide bonds. The molecule has 1 aromatic carbocycles. The standard InChI is InChI=1S/C15H19N3O3/c19-12-17-14-5-2-1-4-13(14)15(20)16-6-3-7-18-8-10-21-11-9-18/h1-2,4-5H,3,6-11H2,(H,16,20). The molecule has 6 heteroatoms. The van der Waals surface area contributed by atoms with Gasteiger partial charge in [0.1, 0.15) is 0 Å². The smallest absolute Gasteiger partial charge is 0.253 e. The van der Waals surface area contributed by atoms with Gasteiger partial charge in [0.05, 0.1) is 24.5 Å². The molecule has 0 unspecified atom stereocenters. The zero-order chi connectivity index (χ0) is 14.9. The molecule has 0 saturated carbocycles. The van der Waals surface area contributed by atoms with Gasteiger partial charge in [-0.05, 0) is 25.1 Å². The van der Waals surface area contributed by atoms with Gasteiger partial charge in [-0.3, -0.25) is 9.69 Å². The molecule has 1 heterocycles. The lowest BCUT2D eigenvalue weighted by atomic mass is 10.1. The summed E-state index contributed by atoms with van der Waals surface area (Å²) in [6, 6.07) is 6.73. The van der Waals surface area contributed by atoms with Crippen molar-refractivity contribution in [2.24, 2.45) is 4.99 Å². The van der Waals surface area contributed by atoms with Crippen LogP contribution < -0.4 is 5.32 Å². The number of isocyanates is 1. The van der Waals surface area contributed by atoms with Gasteiger partial charge in [-0.1, -0.05) is 12.1 Å². The molecule has 1 aromatic rings. The highest BCUT2D eigenvalue weighted by Gasteiger charge is 2.11. The third kappa shape index (κ3) is 4.79. The first-order valence-corrected chi connectivity index (χ1v) is 7.06. The first-order valence-electron chi connectivity index (χ1n) is 7.06. The molecule has 0 spiro atoms. The Balaban J connectivity index is 1.78. The second kappa shape index (κ2) is 8.32. The van der Waals surface area contributed by atoms with E-state index in [-0.39, 0.29) is 5.91 Å². The highest BCUT2D eigenvalue weighted by Crippen LogP contribution is 2.17. The van der Waals surface area contributed by atoms with Crippen LogP contribution in [0.3, 0.4) is 0 Å². The number of rotatable bonds is 6. The summed E-state index contributed by atoms with van der Waals surface area (Å²) in [6.07, 6.45) is 2.35. The molecular weight excluding hydrogens is 270 g/mol. The Labute approximate surface area is 123 Å². The number of morpholine rings is 1. The Morgan fingerprint density at radius 3 is 2.86 bits per heavy atom. The number of ether oxygens (including phenoxy) is 1. The number of hydrogen-bond donors (Lipinski definition) is 1. The van der Waals surface area contributed by atoms with E-state index < -0.39 is 0 Å². The second-order valence-corrected chi connectivity index (χ2v) is 4.78. The minimum Gasteiger partial charge on any atom is -0.379 e. The maximum Gasteiger partial charge on any atom is 0.253 e. The van der Waals surface area contributed by atoms with Crippen LogP contribution in [0.1, 0.15) is 16.8 Å². The molecule has 21 heavy (non-hydrogen) atoms. The van der Waals surface area contributed by atoms with Gasteiger partial charge in [-0.2, -0.15) is 4.99 Å².